The molecule has 0 bridgehead atoms. The van der Waals surface area contributed by atoms with Crippen LogP contribution in [0, 0.1) is 0 Å². The Balaban J connectivity index is 2.59. The second kappa shape index (κ2) is 8.17. The number of nitrogen functional groups attached to an aromatic ring is 1. The van der Waals surface area contributed by atoms with E-state index in [0.717, 1.165) is 6.54 Å². The number of hydrogen-bond acceptors (Lipinski definition) is 5. The van der Waals surface area contributed by atoms with Crippen LogP contribution < -0.4 is 10.5 Å². The van der Waals surface area contributed by atoms with E-state index in [1.54, 1.807) is 0 Å². The molecule has 0 atom stereocenters. The van der Waals surface area contributed by atoms with Crippen molar-refractivity contribution in [1.82, 2.24) is 9.62 Å². The van der Waals surface area contributed by atoms with Crippen LogP contribution in [-0.2, 0) is 14.8 Å². The predicted octanol–water partition coefficient (Wildman–Crippen LogP) is 1.43. The van der Waals surface area contributed by atoms with E-state index in [9.17, 15) is 8.42 Å². The second-order valence-corrected chi connectivity index (χ2v) is 7.17. The fourth-order valence-electron chi connectivity index (χ4n) is 1.53. The highest BCUT2D eigenvalue weighted by Gasteiger charge is 2.21. The minimum atomic E-state index is -3.80. The normalized spacial score (nSPS) is 12.0. The van der Waals surface area contributed by atoms with Crippen molar-refractivity contribution in [2.45, 2.75) is 4.90 Å². The van der Waals surface area contributed by atoms with Gasteiger partial charge >= 0.3 is 0 Å². The van der Waals surface area contributed by atoms with Gasteiger partial charge in [-0.15, -0.1) is 0 Å². The third-order valence-electron chi connectivity index (χ3n) is 2.53. The summed E-state index contributed by atoms with van der Waals surface area (Å²) < 4.78 is 32.0. The molecule has 3 N–H and O–H groups in total. The molecule has 0 aliphatic heterocycles. The lowest BCUT2D eigenvalue weighted by Crippen LogP contribution is -2.29. The number of benzene rings is 1. The Morgan fingerprint density at radius 2 is 1.95 bits per heavy atom. The van der Waals surface area contributed by atoms with E-state index >= 15 is 0 Å². The Labute approximate surface area is 135 Å². The standard InChI is InChI=1S/C12H19Cl2N3O3S/c1-17(2)4-6-20-5-3-16-21(18,19)12-10(14)7-9(13)8-11(12)15/h7-8,16H,3-6,15H2,1-2H3. The van der Waals surface area contributed by atoms with E-state index in [4.69, 9.17) is 33.7 Å². The largest absolute Gasteiger partial charge is 0.398 e. The molecule has 9 heteroatoms. The minimum Gasteiger partial charge on any atom is -0.398 e. The number of sulfonamides is 1. The molecule has 120 valence electrons. The maximum Gasteiger partial charge on any atom is 0.244 e. The zero-order valence-electron chi connectivity index (χ0n) is 11.9. The zero-order chi connectivity index (χ0) is 16.0. The van der Waals surface area contributed by atoms with E-state index in [2.05, 4.69) is 4.72 Å². The van der Waals surface area contributed by atoms with E-state index in [-0.39, 0.29) is 33.8 Å². The predicted molar refractivity (Wildman–Crippen MR) is 85.4 cm³/mol. The minimum absolute atomic E-state index is 0.00789. The molecule has 6 nitrogen and oxygen atoms in total. The smallest absolute Gasteiger partial charge is 0.244 e. The second-order valence-electron chi connectivity index (χ2n) is 4.62. The highest BCUT2D eigenvalue weighted by atomic mass is 35.5. The summed E-state index contributed by atoms with van der Waals surface area (Å²) in [4.78, 5) is 1.81. The third kappa shape index (κ3) is 5.98. The summed E-state index contributed by atoms with van der Waals surface area (Å²) in [6, 6.07) is 2.68. The van der Waals surface area contributed by atoms with Gasteiger partial charge in [-0.2, -0.15) is 0 Å². The van der Waals surface area contributed by atoms with Crippen LogP contribution in [0.15, 0.2) is 17.0 Å². The molecule has 1 rings (SSSR count). The number of likely N-dealkylation sites (N-methyl/N-ethyl adjacent to an activating group) is 1. The van der Waals surface area contributed by atoms with Crippen molar-refractivity contribution in [2.24, 2.45) is 0 Å². The first kappa shape index (κ1) is 18.5. The van der Waals surface area contributed by atoms with Crippen molar-refractivity contribution in [3.8, 4) is 0 Å². The lowest BCUT2D eigenvalue weighted by molar-refractivity contribution is 0.122. The number of rotatable bonds is 8. The average molecular weight is 356 g/mol. The number of halogens is 2. The van der Waals surface area contributed by atoms with Gasteiger partial charge in [0.1, 0.15) is 4.90 Å². The fraction of sp³-hybridized carbons (Fsp3) is 0.500. The summed E-state index contributed by atoms with van der Waals surface area (Å²) in [7, 11) is 0.0580. The molecular formula is C12H19Cl2N3O3S. The van der Waals surface area contributed by atoms with Gasteiger partial charge in [-0.3, -0.25) is 0 Å². The summed E-state index contributed by atoms with van der Waals surface area (Å²) in [5.41, 5.74) is 5.68. The van der Waals surface area contributed by atoms with Crippen LogP contribution in [0.2, 0.25) is 10.0 Å². The molecule has 0 radical (unpaired) electrons. The monoisotopic (exact) mass is 355 g/mol. The maximum atomic E-state index is 12.1. The Kier molecular flexibility index (Phi) is 7.19. The first-order valence-electron chi connectivity index (χ1n) is 6.20. The van der Waals surface area contributed by atoms with Crippen molar-refractivity contribution >= 4 is 38.9 Å². The molecule has 0 saturated heterocycles. The van der Waals surface area contributed by atoms with Gasteiger partial charge in [0.15, 0.2) is 0 Å². The van der Waals surface area contributed by atoms with E-state index < -0.39 is 10.0 Å². The molecule has 0 spiro atoms. The molecule has 0 saturated carbocycles. The van der Waals surface area contributed by atoms with Crippen LogP contribution in [0.1, 0.15) is 0 Å². The molecule has 0 heterocycles. The Morgan fingerprint density at radius 3 is 2.52 bits per heavy atom. The van der Waals surface area contributed by atoms with Gasteiger partial charge in [0.05, 0.1) is 23.9 Å². The summed E-state index contributed by atoms with van der Waals surface area (Å²) >= 11 is 11.7. The topological polar surface area (TPSA) is 84.7 Å². The van der Waals surface area contributed by atoms with Gasteiger partial charge in [0.25, 0.3) is 0 Å². The number of anilines is 1. The van der Waals surface area contributed by atoms with Crippen LogP contribution >= 0.6 is 23.2 Å². The maximum absolute atomic E-state index is 12.1. The number of nitrogens with one attached hydrogen (secondary N) is 1. The third-order valence-corrected chi connectivity index (χ3v) is 4.73. The number of ether oxygens (including phenoxy) is 1. The van der Waals surface area contributed by atoms with Crippen LogP contribution in [-0.4, -0.2) is 53.7 Å². The van der Waals surface area contributed by atoms with Crippen molar-refractivity contribution < 1.29 is 13.2 Å². The molecular weight excluding hydrogens is 337 g/mol. The summed E-state index contributed by atoms with van der Waals surface area (Å²) in [6.07, 6.45) is 0. The molecule has 0 aliphatic carbocycles. The molecule has 1 aromatic carbocycles. The lowest BCUT2D eigenvalue weighted by Gasteiger charge is -2.12. The highest BCUT2D eigenvalue weighted by Crippen LogP contribution is 2.30. The van der Waals surface area contributed by atoms with Gasteiger partial charge in [0.2, 0.25) is 10.0 Å². The van der Waals surface area contributed by atoms with Crippen molar-refractivity contribution in [3.05, 3.63) is 22.2 Å². The lowest BCUT2D eigenvalue weighted by atomic mass is 10.3. The molecule has 0 fully saturated rings. The number of nitrogens with zero attached hydrogens (tertiary/aromatic N) is 1. The van der Waals surface area contributed by atoms with Gasteiger partial charge in [-0.05, 0) is 26.2 Å². The first-order chi connectivity index (χ1) is 9.74. The Hall–Kier alpha value is -0.570. The zero-order valence-corrected chi connectivity index (χ0v) is 14.2. The Bertz CT molecular complexity index is 556. The average Bonchev–Trinajstić information content (AvgIpc) is 2.31. The molecule has 21 heavy (non-hydrogen) atoms. The first-order valence-corrected chi connectivity index (χ1v) is 8.44. The van der Waals surface area contributed by atoms with Crippen molar-refractivity contribution in [2.75, 3.05) is 46.1 Å². The van der Waals surface area contributed by atoms with E-state index in [1.165, 1.54) is 12.1 Å². The SMILES string of the molecule is CN(C)CCOCCNS(=O)(=O)c1c(N)cc(Cl)cc1Cl. The van der Waals surface area contributed by atoms with Gasteiger partial charge in [-0.1, -0.05) is 23.2 Å². The Morgan fingerprint density at radius 1 is 1.29 bits per heavy atom. The molecule has 0 aliphatic rings. The van der Waals surface area contributed by atoms with Gasteiger partial charge in [-0.25, -0.2) is 13.1 Å². The summed E-state index contributed by atoms with van der Waals surface area (Å²) in [5, 5.41) is 0.268. The fourth-order valence-corrected chi connectivity index (χ4v) is 3.53. The van der Waals surface area contributed by atoms with E-state index in [0.29, 0.717) is 6.61 Å². The summed E-state index contributed by atoms with van der Waals surface area (Å²) in [5.74, 6) is 0. The number of nitrogens with two attached hydrogens (primary N) is 1. The van der Waals surface area contributed by atoms with Crippen molar-refractivity contribution in [3.63, 3.8) is 0 Å². The molecule has 0 amide bonds. The van der Waals surface area contributed by atoms with Crippen LogP contribution in [0.25, 0.3) is 0 Å². The van der Waals surface area contributed by atoms with Crippen LogP contribution in [0.3, 0.4) is 0 Å². The van der Waals surface area contributed by atoms with Crippen LogP contribution in [0.4, 0.5) is 5.69 Å². The quantitative estimate of drug-likeness (QED) is 0.544. The van der Waals surface area contributed by atoms with Gasteiger partial charge < -0.3 is 15.4 Å². The number of hydrogen-bond donors (Lipinski definition) is 2. The van der Waals surface area contributed by atoms with Crippen molar-refractivity contribution in [1.29, 1.82) is 0 Å². The van der Waals surface area contributed by atoms with E-state index in [1.807, 2.05) is 19.0 Å². The molecule has 0 unspecified atom stereocenters. The summed E-state index contributed by atoms with van der Waals surface area (Å²) in [6.45, 7) is 1.69. The van der Waals surface area contributed by atoms with Crippen LogP contribution in [0.5, 0.6) is 0 Å². The molecule has 0 aromatic heterocycles. The van der Waals surface area contributed by atoms with Gasteiger partial charge in [0, 0.05) is 18.1 Å². The highest BCUT2D eigenvalue weighted by molar-refractivity contribution is 7.89. The molecule has 1 aromatic rings.